The Morgan fingerprint density at radius 1 is 1.53 bits per heavy atom. The molecule has 0 aliphatic rings. The molecule has 0 aromatic heterocycles. The normalized spacial score (nSPS) is 11.5. The van der Waals surface area contributed by atoms with Gasteiger partial charge in [0.05, 0.1) is 11.6 Å². The molecule has 1 aromatic rings. The molecule has 0 fully saturated rings. The predicted octanol–water partition coefficient (Wildman–Crippen LogP) is 2.24. The number of halogens is 1. The Morgan fingerprint density at radius 2 is 2.24 bits per heavy atom. The first kappa shape index (κ1) is 13.5. The van der Waals surface area contributed by atoms with Crippen molar-refractivity contribution < 1.29 is 9.90 Å². The summed E-state index contributed by atoms with van der Waals surface area (Å²) in [6.45, 7) is 1.92. The van der Waals surface area contributed by atoms with Crippen molar-refractivity contribution in [1.82, 2.24) is 0 Å². The summed E-state index contributed by atoms with van der Waals surface area (Å²) in [5.41, 5.74) is 8.22. The molecule has 0 heterocycles. The lowest BCUT2D eigenvalue weighted by atomic mass is 10.1. The summed E-state index contributed by atoms with van der Waals surface area (Å²) in [6.07, 6.45) is 0.593. The molecule has 0 amide bonds. The lowest BCUT2D eigenvalue weighted by molar-refractivity contribution is -0.136. The Bertz CT molecular complexity index is 444. The number of aliphatic imine (C=N–C) groups is 1. The summed E-state index contributed by atoms with van der Waals surface area (Å²) in [5.74, 6) is -0.278. The number of hydrogen-bond donors (Lipinski definition) is 2. The van der Waals surface area contributed by atoms with E-state index in [1.165, 1.54) is 0 Å². The highest BCUT2D eigenvalue weighted by Crippen LogP contribution is 2.21. The Morgan fingerprint density at radius 3 is 2.82 bits per heavy atom. The Balaban J connectivity index is 2.90. The van der Waals surface area contributed by atoms with Crippen molar-refractivity contribution >= 4 is 29.1 Å². The first-order valence-electron chi connectivity index (χ1n) is 5.23. The number of rotatable bonds is 5. The first-order valence-corrected chi connectivity index (χ1v) is 5.76. The largest absolute Gasteiger partial charge is 0.481 e. The number of benzene rings is 1. The molecule has 4 nitrogen and oxygen atoms in total. The third-order valence-electron chi connectivity index (χ3n) is 2.30. The minimum atomic E-state index is -0.809. The molecule has 3 N–H and O–H groups in total. The van der Waals surface area contributed by atoms with Gasteiger partial charge >= 0.3 is 5.97 Å². The van der Waals surface area contributed by atoms with Gasteiger partial charge in [0.2, 0.25) is 0 Å². The van der Waals surface area contributed by atoms with E-state index in [2.05, 4.69) is 4.99 Å². The van der Waals surface area contributed by atoms with Crippen molar-refractivity contribution in [3.05, 3.63) is 29.3 Å². The highest BCUT2D eigenvalue weighted by molar-refractivity contribution is 6.28. The van der Waals surface area contributed by atoms with Crippen LogP contribution in [0.3, 0.4) is 0 Å². The number of nitrogens with zero attached hydrogens (tertiary/aromatic N) is 1. The van der Waals surface area contributed by atoms with Gasteiger partial charge in [0.1, 0.15) is 5.84 Å². The van der Waals surface area contributed by atoms with E-state index in [0.717, 1.165) is 16.8 Å². The second-order valence-corrected chi connectivity index (χ2v) is 4.02. The maximum atomic E-state index is 10.5. The maximum absolute atomic E-state index is 10.5. The van der Waals surface area contributed by atoms with Crippen LogP contribution in [-0.4, -0.2) is 22.8 Å². The monoisotopic (exact) mass is 254 g/mol. The summed E-state index contributed by atoms with van der Waals surface area (Å²) >= 11 is 5.56. The Labute approximate surface area is 105 Å². The van der Waals surface area contributed by atoms with Crippen LogP contribution < -0.4 is 5.73 Å². The van der Waals surface area contributed by atoms with Crippen molar-refractivity contribution in [2.75, 3.05) is 5.88 Å². The number of aryl methyl sites for hydroxylation is 2. The number of carboxylic acid groups (broad SMARTS) is 1. The van der Waals surface area contributed by atoms with Crippen LogP contribution in [-0.2, 0) is 11.2 Å². The fourth-order valence-electron chi connectivity index (χ4n) is 1.37. The van der Waals surface area contributed by atoms with Crippen LogP contribution >= 0.6 is 11.6 Å². The number of amidine groups is 1. The zero-order valence-corrected chi connectivity index (χ0v) is 10.4. The van der Waals surface area contributed by atoms with Crippen LogP contribution in [0.15, 0.2) is 23.2 Å². The van der Waals surface area contributed by atoms with Gasteiger partial charge in [-0.3, -0.25) is 4.79 Å². The van der Waals surface area contributed by atoms with E-state index >= 15 is 0 Å². The van der Waals surface area contributed by atoms with Crippen molar-refractivity contribution in [1.29, 1.82) is 0 Å². The minimum Gasteiger partial charge on any atom is -0.481 e. The van der Waals surface area contributed by atoms with Gasteiger partial charge < -0.3 is 10.8 Å². The molecule has 17 heavy (non-hydrogen) atoms. The van der Waals surface area contributed by atoms with E-state index < -0.39 is 5.97 Å². The topological polar surface area (TPSA) is 75.7 Å². The second-order valence-electron chi connectivity index (χ2n) is 3.75. The van der Waals surface area contributed by atoms with Gasteiger partial charge in [-0.25, -0.2) is 4.99 Å². The lowest BCUT2D eigenvalue weighted by Crippen LogP contribution is -2.12. The van der Waals surface area contributed by atoms with Gasteiger partial charge in [-0.2, -0.15) is 0 Å². The molecular formula is C12H15ClN2O2. The molecular weight excluding hydrogens is 240 g/mol. The van der Waals surface area contributed by atoms with E-state index in [1.807, 2.05) is 25.1 Å². The fraction of sp³-hybridized carbons (Fsp3) is 0.333. The molecule has 0 saturated carbocycles. The molecule has 0 aliphatic carbocycles. The number of alkyl halides is 1. The molecule has 0 bridgehead atoms. The van der Waals surface area contributed by atoms with Crippen molar-refractivity contribution in [3.63, 3.8) is 0 Å². The van der Waals surface area contributed by atoms with E-state index in [4.69, 9.17) is 22.4 Å². The van der Waals surface area contributed by atoms with E-state index in [0.29, 0.717) is 12.3 Å². The maximum Gasteiger partial charge on any atom is 0.303 e. The average Bonchev–Trinajstić information content (AvgIpc) is 2.29. The standard InChI is InChI=1S/C12H15ClN2O2/c1-8-2-3-9(4-5-12(16)17)6-10(8)15-11(14)7-13/h2-3,6H,4-5,7H2,1H3,(H2,14,15)(H,16,17). The third-order valence-corrected chi connectivity index (χ3v) is 2.58. The molecule has 0 radical (unpaired) electrons. The summed E-state index contributed by atoms with van der Waals surface area (Å²) in [4.78, 5) is 14.7. The molecule has 0 spiro atoms. The first-order chi connectivity index (χ1) is 8.02. The quantitative estimate of drug-likeness (QED) is 0.481. The SMILES string of the molecule is Cc1ccc(CCC(=O)O)cc1N=C(N)CCl. The average molecular weight is 255 g/mol. The van der Waals surface area contributed by atoms with Crippen LogP contribution in [0.25, 0.3) is 0 Å². The van der Waals surface area contributed by atoms with Crippen molar-refractivity contribution in [3.8, 4) is 0 Å². The van der Waals surface area contributed by atoms with Gasteiger partial charge in [0.15, 0.2) is 0 Å². The summed E-state index contributed by atoms with van der Waals surface area (Å²) < 4.78 is 0. The second kappa shape index (κ2) is 6.25. The van der Waals surface area contributed by atoms with Crippen molar-refractivity contribution in [2.45, 2.75) is 19.8 Å². The molecule has 1 rings (SSSR count). The van der Waals surface area contributed by atoms with Crippen molar-refractivity contribution in [2.24, 2.45) is 10.7 Å². The van der Waals surface area contributed by atoms with Crippen LogP contribution in [0.2, 0.25) is 0 Å². The highest BCUT2D eigenvalue weighted by Gasteiger charge is 2.03. The summed E-state index contributed by atoms with van der Waals surface area (Å²) in [5, 5.41) is 8.62. The zero-order valence-electron chi connectivity index (χ0n) is 9.61. The van der Waals surface area contributed by atoms with Gasteiger partial charge in [0.25, 0.3) is 0 Å². The van der Waals surface area contributed by atoms with E-state index in [9.17, 15) is 4.79 Å². The minimum absolute atomic E-state index is 0.108. The Kier molecular flexibility index (Phi) is 4.97. The number of carboxylic acids is 1. The number of aliphatic carboxylic acids is 1. The summed E-state index contributed by atoms with van der Waals surface area (Å²) in [6, 6.07) is 5.64. The number of carbonyl (C=O) groups is 1. The van der Waals surface area contributed by atoms with Gasteiger partial charge in [0, 0.05) is 6.42 Å². The zero-order chi connectivity index (χ0) is 12.8. The van der Waals surface area contributed by atoms with Crippen LogP contribution in [0, 0.1) is 6.92 Å². The molecule has 1 aromatic carbocycles. The van der Waals surface area contributed by atoms with Crippen LogP contribution in [0.4, 0.5) is 5.69 Å². The number of hydrogen-bond acceptors (Lipinski definition) is 2. The molecule has 0 unspecified atom stereocenters. The molecule has 92 valence electrons. The van der Waals surface area contributed by atoms with Gasteiger partial charge in [-0.15, -0.1) is 11.6 Å². The molecule has 0 aliphatic heterocycles. The Hall–Kier alpha value is -1.55. The predicted molar refractivity (Wildman–Crippen MR) is 69.1 cm³/mol. The van der Waals surface area contributed by atoms with Crippen LogP contribution in [0.1, 0.15) is 17.5 Å². The van der Waals surface area contributed by atoms with Crippen LogP contribution in [0.5, 0.6) is 0 Å². The molecule has 5 heteroatoms. The number of nitrogens with two attached hydrogens (primary N) is 1. The molecule has 0 saturated heterocycles. The van der Waals surface area contributed by atoms with E-state index in [-0.39, 0.29) is 12.3 Å². The van der Waals surface area contributed by atoms with Gasteiger partial charge in [-0.1, -0.05) is 12.1 Å². The van der Waals surface area contributed by atoms with Gasteiger partial charge in [-0.05, 0) is 30.5 Å². The van der Waals surface area contributed by atoms with E-state index in [1.54, 1.807) is 0 Å². The third kappa shape index (κ3) is 4.44. The lowest BCUT2D eigenvalue weighted by Gasteiger charge is -2.05. The molecule has 0 atom stereocenters. The fourth-order valence-corrected chi connectivity index (χ4v) is 1.43. The smallest absolute Gasteiger partial charge is 0.303 e. The highest BCUT2D eigenvalue weighted by atomic mass is 35.5. The summed E-state index contributed by atoms with van der Waals surface area (Å²) in [7, 11) is 0.